The first-order chi connectivity index (χ1) is 27.3. The molecule has 3 heteroatoms. The Morgan fingerprint density at radius 3 is 1.38 bits per heavy atom. The predicted octanol–water partition coefficient (Wildman–Crippen LogP) is 14.3. The zero-order valence-corrected chi connectivity index (χ0v) is 36.9. The first-order valence-electron chi connectivity index (χ1n) is 23.0. The highest BCUT2D eigenvalue weighted by Gasteiger charge is 2.33. The van der Waals surface area contributed by atoms with Crippen LogP contribution < -0.4 is 25.9 Å². The summed E-state index contributed by atoms with van der Waals surface area (Å²) in [5, 5.41) is 0. The van der Waals surface area contributed by atoms with E-state index in [9.17, 15) is 0 Å². The van der Waals surface area contributed by atoms with E-state index in [1.54, 1.807) is 0 Å². The van der Waals surface area contributed by atoms with Gasteiger partial charge in [0, 0.05) is 5.56 Å². The first kappa shape index (κ1) is 45.2. The summed E-state index contributed by atoms with van der Waals surface area (Å²) in [6, 6.07) is 31.7. The molecule has 0 aliphatic carbocycles. The minimum atomic E-state index is -0.00364. The average Bonchev–Trinajstić information content (AvgIpc) is 3.20. The lowest BCUT2D eigenvalue weighted by molar-refractivity contribution is 0.299. The van der Waals surface area contributed by atoms with Crippen LogP contribution in [-0.2, 0) is 0 Å². The molecule has 0 heterocycles. The summed E-state index contributed by atoms with van der Waals surface area (Å²) in [6.45, 7) is 20.1. The van der Waals surface area contributed by atoms with E-state index in [-0.39, 0.29) is 6.71 Å². The van der Waals surface area contributed by atoms with Crippen molar-refractivity contribution in [2.45, 2.75) is 176 Å². The van der Waals surface area contributed by atoms with Gasteiger partial charge in [0.15, 0.2) is 0 Å². The number of unbranched alkanes of at least 4 members (excludes halogenated alkanes) is 14. The molecule has 0 amide bonds. The van der Waals surface area contributed by atoms with Crippen molar-refractivity contribution in [3.05, 3.63) is 102 Å². The van der Waals surface area contributed by atoms with Gasteiger partial charge in [-0.05, 0) is 70.4 Å². The van der Waals surface area contributed by atoms with Gasteiger partial charge in [-0.15, -0.1) is 0 Å². The van der Waals surface area contributed by atoms with Crippen LogP contribution in [0.15, 0.2) is 84.9 Å². The maximum atomic E-state index is 7.03. The summed E-state index contributed by atoms with van der Waals surface area (Å²) in [7, 11) is 0. The third kappa shape index (κ3) is 13.9. The van der Waals surface area contributed by atoms with Crippen LogP contribution in [0.4, 0.5) is 0 Å². The molecule has 0 atom stereocenters. The van der Waals surface area contributed by atoms with Crippen LogP contribution >= 0.6 is 0 Å². The fourth-order valence-corrected chi connectivity index (χ4v) is 8.22. The zero-order valence-electron chi connectivity index (χ0n) is 36.9. The molecule has 4 aromatic carbocycles. The number of hydrogen-bond acceptors (Lipinski definition) is 2. The van der Waals surface area contributed by atoms with E-state index in [1.807, 2.05) is 0 Å². The third-order valence-corrected chi connectivity index (χ3v) is 11.6. The quantitative estimate of drug-likeness (QED) is 0.0446. The van der Waals surface area contributed by atoms with Gasteiger partial charge in [0.2, 0.25) is 6.71 Å². The van der Waals surface area contributed by atoms with Gasteiger partial charge in [-0.25, -0.2) is 0 Å². The Hall–Kier alpha value is -3.46. The van der Waals surface area contributed by atoms with Gasteiger partial charge in [0.25, 0.3) is 0 Å². The molecule has 0 bridgehead atoms. The van der Waals surface area contributed by atoms with Crippen LogP contribution in [0.1, 0.15) is 193 Å². The topological polar surface area (TPSA) is 18.5 Å². The lowest BCUT2D eigenvalue weighted by Gasteiger charge is -2.29. The Kier molecular flexibility index (Phi) is 20.2. The summed E-state index contributed by atoms with van der Waals surface area (Å²) < 4.78 is 13.9. The Labute approximate surface area is 344 Å². The molecule has 0 aliphatic heterocycles. The van der Waals surface area contributed by atoms with Gasteiger partial charge >= 0.3 is 0 Å². The molecule has 0 spiro atoms. The highest BCUT2D eigenvalue weighted by molar-refractivity contribution is 6.96. The molecular weight excluding hydrogens is 679 g/mol. The second kappa shape index (κ2) is 25.0. The van der Waals surface area contributed by atoms with Crippen LogP contribution in [0.25, 0.3) is 11.1 Å². The highest BCUT2D eigenvalue weighted by Crippen LogP contribution is 2.35. The highest BCUT2D eigenvalue weighted by atomic mass is 16.5. The van der Waals surface area contributed by atoms with E-state index < -0.39 is 0 Å². The molecule has 4 aromatic rings. The fraction of sp³-hybridized carbons (Fsp3) is 0.547. The summed E-state index contributed by atoms with van der Waals surface area (Å²) in [4.78, 5) is 0. The molecule has 0 radical (unpaired) electrons. The van der Waals surface area contributed by atoms with E-state index >= 15 is 0 Å². The van der Waals surface area contributed by atoms with E-state index in [0.717, 1.165) is 43.1 Å². The molecule has 0 aromatic heterocycles. The second-order valence-corrected chi connectivity index (χ2v) is 17.3. The Morgan fingerprint density at radius 1 is 0.464 bits per heavy atom. The third-order valence-electron chi connectivity index (χ3n) is 11.6. The molecule has 0 fully saturated rings. The van der Waals surface area contributed by atoms with Gasteiger partial charge in [-0.3, -0.25) is 0 Å². The van der Waals surface area contributed by atoms with E-state index in [1.165, 1.54) is 129 Å². The number of ether oxygens (including phenoxy) is 2. The van der Waals surface area contributed by atoms with Crippen LogP contribution in [0.2, 0.25) is 0 Å². The van der Waals surface area contributed by atoms with E-state index in [0.29, 0.717) is 17.8 Å². The Balaban J connectivity index is 1.82. The van der Waals surface area contributed by atoms with Gasteiger partial charge in [0.1, 0.15) is 11.5 Å². The van der Waals surface area contributed by atoms with Gasteiger partial charge in [0.05, 0.1) is 13.2 Å². The van der Waals surface area contributed by atoms with E-state index in [2.05, 4.69) is 140 Å². The number of benzene rings is 4. The Morgan fingerprint density at radius 2 is 0.911 bits per heavy atom. The normalized spacial score (nSPS) is 11.6. The van der Waals surface area contributed by atoms with Crippen molar-refractivity contribution in [1.82, 2.24) is 0 Å². The zero-order chi connectivity index (χ0) is 40.1. The van der Waals surface area contributed by atoms with Crippen molar-refractivity contribution in [3.63, 3.8) is 0 Å². The lowest BCUT2D eigenvalue weighted by atomic mass is 9.34. The molecule has 0 unspecified atom stereocenters. The van der Waals surface area contributed by atoms with Crippen molar-refractivity contribution in [2.75, 3.05) is 13.2 Å². The van der Waals surface area contributed by atoms with Gasteiger partial charge < -0.3 is 9.47 Å². The van der Waals surface area contributed by atoms with Crippen LogP contribution in [-0.4, -0.2) is 19.9 Å². The lowest BCUT2D eigenvalue weighted by Crippen LogP contribution is -2.55. The summed E-state index contributed by atoms with van der Waals surface area (Å²) >= 11 is 0. The summed E-state index contributed by atoms with van der Waals surface area (Å²) in [6.07, 6.45) is 20.5. The van der Waals surface area contributed by atoms with Crippen LogP contribution in [0.3, 0.4) is 0 Å². The van der Waals surface area contributed by atoms with Gasteiger partial charge in [-0.1, -0.05) is 229 Å². The monoisotopic (exact) mass is 757 g/mol. The maximum Gasteiger partial charge on any atom is 0.246 e. The molecule has 0 saturated heterocycles. The first-order valence-corrected chi connectivity index (χ1v) is 23.0. The van der Waals surface area contributed by atoms with Crippen LogP contribution in [0, 0.1) is 0 Å². The van der Waals surface area contributed by atoms with E-state index in [4.69, 9.17) is 9.47 Å². The number of hydrogen-bond donors (Lipinski definition) is 0. The fourth-order valence-electron chi connectivity index (χ4n) is 8.22. The SMILES string of the molecule is CCCCCCCCCCOc1cc(-c2ccccc2)c(OCCCCCCCCCC)cc1B(c1ccccc1)c1c(C(C)C)cc(C(C)C)cc1C(C)C. The van der Waals surface area contributed by atoms with Crippen molar-refractivity contribution in [1.29, 1.82) is 0 Å². The standard InChI is InChI=1S/C53H77BO2/c1-9-11-13-15-17-19-21-29-35-55-51-40-50(52(39-49(51)44-31-25-23-26-32-44)56-36-30-22-20-18-16-14-12-10-2)54(46-33-27-24-28-34-46)53-47(42(5)6)37-45(41(3)4)38-48(53)43(7)8/h23-28,31-34,37-43H,9-22,29-30,35-36H2,1-8H3. The van der Waals surface area contributed by atoms with Crippen LogP contribution in [0.5, 0.6) is 11.5 Å². The molecule has 56 heavy (non-hydrogen) atoms. The van der Waals surface area contributed by atoms with Gasteiger partial charge in [-0.2, -0.15) is 0 Å². The number of rotatable bonds is 27. The molecule has 0 aliphatic rings. The summed E-state index contributed by atoms with van der Waals surface area (Å²) in [5.41, 5.74) is 10.5. The van der Waals surface area contributed by atoms with Crippen molar-refractivity contribution >= 4 is 23.1 Å². The largest absolute Gasteiger partial charge is 0.494 e. The van der Waals surface area contributed by atoms with Crippen molar-refractivity contribution in [2.24, 2.45) is 0 Å². The second-order valence-electron chi connectivity index (χ2n) is 17.3. The molecule has 4 rings (SSSR count). The maximum absolute atomic E-state index is 7.03. The smallest absolute Gasteiger partial charge is 0.246 e. The predicted molar refractivity (Wildman–Crippen MR) is 248 cm³/mol. The van der Waals surface area contributed by atoms with Crippen molar-refractivity contribution in [3.8, 4) is 22.6 Å². The minimum absolute atomic E-state index is 0.00364. The molecular formula is C53H77BO2. The van der Waals surface area contributed by atoms with Crippen molar-refractivity contribution < 1.29 is 9.47 Å². The molecule has 2 nitrogen and oxygen atoms in total. The summed E-state index contributed by atoms with van der Waals surface area (Å²) in [5.74, 6) is 3.15. The molecule has 0 saturated carbocycles. The Bertz CT molecular complexity index is 1630. The minimum Gasteiger partial charge on any atom is -0.494 e. The average molecular weight is 757 g/mol. The molecule has 304 valence electrons. The molecule has 0 N–H and O–H groups in total.